The molecule has 0 fully saturated rings. The fourth-order valence-corrected chi connectivity index (χ4v) is 2.09. The summed E-state index contributed by atoms with van der Waals surface area (Å²) in [5.41, 5.74) is 3.04. The Labute approximate surface area is 156 Å². The van der Waals surface area contributed by atoms with Crippen molar-refractivity contribution in [2.75, 3.05) is 18.5 Å². The number of hydrazone groups is 1. The van der Waals surface area contributed by atoms with Gasteiger partial charge in [0.25, 0.3) is 0 Å². The van der Waals surface area contributed by atoms with Gasteiger partial charge in [-0.1, -0.05) is 0 Å². The molecular formula is C19H20FN3O4. The number of halogens is 1. The minimum Gasteiger partial charge on any atom is -0.494 e. The zero-order valence-electron chi connectivity index (χ0n) is 15.0. The van der Waals surface area contributed by atoms with E-state index in [-0.39, 0.29) is 0 Å². The Morgan fingerprint density at radius 1 is 1.04 bits per heavy atom. The molecule has 2 amide bonds. The molecule has 0 aliphatic rings. The molecule has 2 aromatic rings. The van der Waals surface area contributed by atoms with E-state index in [1.54, 1.807) is 18.2 Å². The quantitative estimate of drug-likeness (QED) is 0.444. The number of rotatable bonds is 7. The SMILES string of the molecule is CCOc1ccc(/C=N\NC(=O)C(=O)Nc2ccc(F)cc2)c(OCC)c1. The largest absolute Gasteiger partial charge is 0.494 e. The van der Waals surface area contributed by atoms with E-state index in [4.69, 9.17) is 9.47 Å². The second kappa shape index (κ2) is 9.91. The number of carbonyl (C=O) groups is 2. The molecule has 0 aliphatic heterocycles. The number of anilines is 1. The van der Waals surface area contributed by atoms with Crippen LogP contribution in [0.4, 0.5) is 10.1 Å². The van der Waals surface area contributed by atoms with E-state index in [2.05, 4.69) is 15.8 Å². The molecule has 0 bridgehead atoms. The van der Waals surface area contributed by atoms with Crippen molar-refractivity contribution in [3.05, 3.63) is 53.8 Å². The Hall–Kier alpha value is -3.42. The predicted octanol–water partition coefficient (Wildman–Crippen LogP) is 2.71. The molecule has 0 saturated carbocycles. The summed E-state index contributed by atoms with van der Waals surface area (Å²) < 4.78 is 23.8. The first kappa shape index (κ1) is 19.9. The molecule has 142 valence electrons. The lowest BCUT2D eigenvalue weighted by molar-refractivity contribution is -0.136. The van der Waals surface area contributed by atoms with Gasteiger partial charge in [0.2, 0.25) is 0 Å². The van der Waals surface area contributed by atoms with E-state index < -0.39 is 17.6 Å². The van der Waals surface area contributed by atoms with Gasteiger partial charge in [0.15, 0.2) is 0 Å². The summed E-state index contributed by atoms with van der Waals surface area (Å²) in [6, 6.07) is 10.2. The highest BCUT2D eigenvalue weighted by atomic mass is 19.1. The van der Waals surface area contributed by atoms with Gasteiger partial charge in [0.1, 0.15) is 17.3 Å². The third kappa shape index (κ3) is 6.10. The zero-order chi connectivity index (χ0) is 19.6. The van der Waals surface area contributed by atoms with Crippen molar-refractivity contribution in [2.45, 2.75) is 13.8 Å². The summed E-state index contributed by atoms with van der Waals surface area (Å²) in [4.78, 5) is 23.6. The normalized spacial score (nSPS) is 10.5. The van der Waals surface area contributed by atoms with E-state index in [0.29, 0.717) is 36.0 Å². The molecule has 0 saturated heterocycles. The fourth-order valence-electron chi connectivity index (χ4n) is 2.09. The maximum Gasteiger partial charge on any atom is 0.329 e. The summed E-state index contributed by atoms with van der Waals surface area (Å²) in [6.07, 6.45) is 1.36. The molecule has 0 aromatic heterocycles. The summed E-state index contributed by atoms with van der Waals surface area (Å²) >= 11 is 0. The minimum absolute atomic E-state index is 0.297. The van der Waals surface area contributed by atoms with E-state index in [1.807, 2.05) is 13.8 Å². The first-order valence-electron chi connectivity index (χ1n) is 8.33. The monoisotopic (exact) mass is 373 g/mol. The predicted molar refractivity (Wildman–Crippen MR) is 99.5 cm³/mol. The van der Waals surface area contributed by atoms with Gasteiger partial charge in [0.05, 0.1) is 19.4 Å². The van der Waals surface area contributed by atoms with Crippen LogP contribution in [-0.2, 0) is 9.59 Å². The van der Waals surface area contributed by atoms with Crippen molar-refractivity contribution in [1.82, 2.24) is 5.43 Å². The number of hydrogen-bond donors (Lipinski definition) is 2. The second-order valence-electron chi connectivity index (χ2n) is 5.23. The van der Waals surface area contributed by atoms with Gasteiger partial charge < -0.3 is 14.8 Å². The Morgan fingerprint density at radius 3 is 2.41 bits per heavy atom. The van der Waals surface area contributed by atoms with Crippen molar-refractivity contribution >= 4 is 23.7 Å². The van der Waals surface area contributed by atoms with Crippen LogP contribution in [0.2, 0.25) is 0 Å². The van der Waals surface area contributed by atoms with Gasteiger partial charge in [-0.25, -0.2) is 9.82 Å². The summed E-state index contributed by atoms with van der Waals surface area (Å²) in [5.74, 6) is -1.13. The van der Waals surface area contributed by atoms with Gasteiger partial charge in [-0.05, 0) is 50.2 Å². The van der Waals surface area contributed by atoms with Crippen LogP contribution in [0, 0.1) is 5.82 Å². The lowest BCUT2D eigenvalue weighted by Crippen LogP contribution is -2.32. The molecule has 2 N–H and O–H groups in total. The zero-order valence-corrected chi connectivity index (χ0v) is 15.0. The number of benzene rings is 2. The van der Waals surface area contributed by atoms with Crippen molar-refractivity contribution in [1.29, 1.82) is 0 Å². The van der Waals surface area contributed by atoms with Gasteiger partial charge in [-0.2, -0.15) is 5.10 Å². The number of amides is 2. The van der Waals surface area contributed by atoms with E-state index in [1.165, 1.54) is 30.5 Å². The van der Waals surface area contributed by atoms with Crippen LogP contribution in [0.25, 0.3) is 0 Å². The Morgan fingerprint density at radius 2 is 1.74 bits per heavy atom. The topological polar surface area (TPSA) is 89.0 Å². The van der Waals surface area contributed by atoms with Crippen LogP contribution in [0.1, 0.15) is 19.4 Å². The first-order valence-corrected chi connectivity index (χ1v) is 8.33. The van der Waals surface area contributed by atoms with Crippen molar-refractivity contribution in [3.8, 4) is 11.5 Å². The molecule has 27 heavy (non-hydrogen) atoms. The molecule has 0 atom stereocenters. The summed E-state index contributed by atoms with van der Waals surface area (Å²) in [7, 11) is 0. The third-order valence-corrected chi connectivity index (χ3v) is 3.27. The minimum atomic E-state index is -0.959. The highest BCUT2D eigenvalue weighted by molar-refractivity contribution is 6.39. The Kier molecular flexibility index (Phi) is 7.30. The summed E-state index contributed by atoms with van der Waals surface area (Å²) in [5, 5.41) is 6.11. The van der Waals surface area contributed by atoms with Crippen LogP contribution in [0.5, 0.6) is 11.5 Å². The molecule has 0 unspecified atom stereocenters. The second-order valence-corrected chi connectivity index (χ2v) is 5.23. The maximum absolute atomic E-state index is 12.8. The molecule has 0 spiro atoms. The number of carbonyl (C=O) groups excluding carboxylic acids is 2. The summed E-state index contributed by atoms with van der Waals surface area (Å²) in [6.45, 7) is 4.69. The molecule has 0 aliphatic carbocycles. The highest BCUT2D eigenvalue weighted by Gasteiger charge is 2.13. The van der Waals surface area contributed by atoms with Crippen molar-refractivity contribution in [2.24, 2.45) is 5.10 Å². The number of nitrogens with one attached hydrogen (secondary N) is 2. The lowest BCUT2D eigenvalue weighted by atomic mass is 10.2. The molecule has 0 heterocycles. The first-order chi connectivity index (χ1) is 13.0. The molecular weight excluding hydrogens is 353 g/mol. The Balaban J connectivity index is 1.98. The van der Waals surface area contributed by atoms with E-state index >= 15 is 0 Å². The van der Waals surface area contributed by atoms with E-state index in [9.17, 15) is 14.0 Å². The standard InChI is InChI=1S/C19H20FN3O4/c1-3-26-16-10-5-13(17(11-16)27-4-2)12-21-23-19(25)18(24)22-15-8-6-14(20)7-9-15/h5-12H,3-4H2,1-2H3,(H,22,24)(H,23,25)/b21-12-. The van der Waals surface area contributed by atoms with Crippen LogP contribution < -0.4 is 20.2 Å². The lowest BCUT2D eigenvalue weighted by Gasteiger charge is -2.10. The number of nitrogens with zero attached hydrogens (tertiary/aromatic N) is 1. The molecule has 0 radical (unpaired) electrons. The highest BCUT2D eigenvalue weighted by Crippen LogP contribution is 2.23. The van der Waals surface area contributed by atoms with Crippen molar-refractivity contribution < 1.29 is 23.5 Å². The fraction of sp³-hybridized carbons (Fsp3) is 0.211. The average molecular weight is 373 g/mol. The number of hydrogen-bond acceptors (Lipinski definition) is 5. The van der Waals surface area contributed by atoms with E-state index in [0.717, 1.165) is 0 Å². The van der Waals surface area contributed by atoms with Crippen LogP contribution in [0.15, 0.2) is 47.6 Å². The molecule has 7 nitrogen and oxygen atoms in total. The molecule has 8 heteroatoms. The van der Waals surface area contributed by atoms with Gasteiger partial charge in [0, 0.05) is 17.3 Å². The van der Waals surface area contributed by atoms with Gasteiger partial charge >= 0.3 is 11.8 Å². The van der Waals surface area contributed by atoms with Crippen molar-refractivity contribution in [3.63, 3.8) is 0 Å². The van der Waals surface area contributed by atoms with Gasteiger partial charge in [-0.3, -0.25) is 9.59 Å². The third-order valence-electron chi connectivity index (χ3n) is 3.27. The molecule has 2 rings (SSSR count). The number of ether oxygens (including phenoxy) is 2. The average Bonchev–Trinajstić information content (AvgIpc) is 2.65. The van der Waals surface area contributed by atoms with Crippen LogP contribution >= 0.6 is 0 Å². The molecule has 2 aromatic carbocycles. The Bertz CT molecular complexity index is 822. The maximum atomic E-state index is 12.8. The van der Waals surface area contributed by atoms with Gasteiger partial charge in [-0.15, -0.1) is 0 Å². The smallest absolute Gasteiger partial charge is 0.329 e. The van der Waals surface area contributed by atoms with Crippen LogP contribution in [-0.4, -0.2) is 31.2 Å². The van der Waals surface area contributed by atoms with Crippen LogP contribution in [0.3, 0.4) is 0 Å².